The molecule has 8 nitrogen and oxygen atoms in total. The Kier molecular flexibility index (Phi) is 5.08. The van der Waals surface area contributed by atoms with E-state index in [0.717, 1.165) is 23.9 Å². The third kappa shape index (κ3) is 3.74. The van der Waals surface area contributed by atoms with E-state index in [2.05, 4.69) is 15.4 Å². The largest absolute Gasteiger partial charge is 0.472 e. The lowest BCUT2D eigenvalue weighted by Gasteiger charge is -2.32. The van der Waals surface area contributed by atoms with E-state index in [9.17, 15) is 9.59 Å². The minimum Gasteiger partial charge on any atom is -0.472 e. The van der Waals surface area contributed by atoms with Crippen LogP contribution in [0.5, 0.6) is 0 Å². The number of amides is 2. The molecule has 0 unspecified atom stereocenters. The first-order valence-corrected chi connectivity index (χ1v) is 9.91. The van der Waals surface area contributed by atoms with Gasteiger partial charge in [0.25, 0.3) is 11.8 Å². The molecule has 1 fully saturated rings. The minimum atomic E-state index is -0.131. The number of nitrogens with one attached hydrogen (secondary N) is 1. The molecule has 4 rings (SSSR count). The molecule has 0 atom stereocenters. The molecular weight excluding hydrogens is 370 g/mol. The van der Waals surface area contributed by atoms with Gasteiger partial charge in [-0.25, -0.2) is 9.67 Å². The predicted molar refractivity (Wildman–Crippen MR) is 108 cm³/mol. The summed E-state index contributed by atoms with van der Waals surface area (Å²) < 4.78 is 6.85. The van der Waals surface area contributed by atoms with Gasteiger partial charge < -0.3 is 14.6 Å². The summed E-state index contributed by atoms with van der Waals surface area (Å²) in [6.07, 6.45) is 6.14. The van der Waals surface area contributed by atoms with Crippen LogP contribution in [0.15, 0.2) is 35.3 Å². The fourth-order valence-electron chi connectivity index (χ4n) is 3.73. The smallest absolute Gasteiger partial charge is 0.257 e. The number of rotatable bonds is 4. The number of furan rings is 1. The first kappa shape index (κ1) is 19.2. The zero-order valence-electron chi connectivity index (χ0n) is 16.9. The Labute approximate surface area is 168 Å². The first-order valence-electron chi connectivity index (χ1n) is 9.91. The van der Waals surface area contributed by atoms with Crippen molar-refractivity contribution in [2.24, 2.45) is 0 Å². The molecule has 1 N–H and O–H groups in total. The molecule has 29 heavy (non-hydrogen) atoms. The number of carbonyl (C=O) groups is 2. The third-order valence-corrected chi connectivity index (χ3v) is 5.38. The van der Waals surface area contributed by atoms with Crippen LogP contribution in [-0.4, -0.2) is 50.6 Å². The second kappa shape index (κ2) is 7.69. The van der Waals surface area contributed by atoms with Crippen LogP contribution in [0, 0.1) is 6.92 Å². The number of pyridine rings is 1. The van der Waals surface area contributed by atoms with Crippen molar-refractivity contribution in [1.82, 2.24) is 25.0 Å². The van der Waals surface area contributed by atoms with E-state index in [-0.39, 0.29) is 23.9 Å². The SMILES string of the molecule is Cc1nc2c(cnn2C(C)C)cc1C(=O)NC1CCN(C(=O)c2ccoc2)CC1. The van der Waals surface area contributed by atoms with Gasteiger partial charge in [0.05, 0.1) is 29.3 Å². The van der Waals surface area contributed by atoms with Gasteiger partial charge in [-0.15, -0.1) is 0 Å². The summed E-state index contributed by atoms with van der Waals surface area (Å²) in [6.45, 7) is 7.15. The number of hydrogen-bond acceptors (Lipinski definition) is 5. The normalized spacial score (nSPS) is 15.2. The lowest BCUT2D eigenvalue weighted by molar-refractivity contribution is 0.0697. The van der Waals surface area contributed by atoms with E-state index in [1.807, 2.05) is 31.5 Å². The summed E-state index contributed by atoms with van der Waals surface area (Å²) >= 11 is 0. The molecule has 1 aliphatic rings. The van der Waals surface area contributed by atoms with Crippen molar-refractivity contribution in [2.75, 3.05) is 13.1 Å². The van der Waals surface area contributed by atoms with Crippen molar-refractivity contribution in [2.45, 2.75) is 45.7 Å². The third-order valence-electron chi connectivity index (χ3n) is 5.38. The van der Waals surface area contributed by atoms with Gasteiger partial charge in [-0.05, 0) is 45.7 Å². The molecule has 1 aliphatic heterocycles. The van der Waals surface area contributed by atoms with E-state index in [4.69, 9.17) is 4.42 Å². The quantitative estimate of drug-likeness (QED) is 0.733. The van der Waals surface area contributed by atoms with Crippen molar-refractivity contribution in [3.8, 4) is 0 Å². The van der Waals surface area contributed by atoms with Crippen LogP contribution < -0.4 is 5.32 Å². The molecule has 3 aromatic heterocycles. The fourth-order valence-corrected chi connectivity index (χ4v) is 3.73. The van der Waals surface area contributed by atoms with Crippen LogP contribution in [0.25, 0.3) is 11.0 Å². The van der Waals surface area contributed by atoms with Gasteiger partial charge in [-0.3, -0.25) is 9.59 Å². The summed E-state index contributed by atoms with van der Waals surface area (Å²) in [5.74, 6) is -0.162. The Balaban J connectivity index is 1.41. The molecule has 0 radical (unpaired) electrons. The molecule has 8 heteroatoms. The zero-order chi connectivity index (χ0) is 20.5. The van der Waals surface area contributed by atoms with Crippen LogP contribution in [0.4, 0.5) is 0 Å². The van der Waals surface area contributed by atoms with Crippen molar-refractivity contribution >= 4 is 22.8 Å². The van der Waals surface area contributed by atoms with Crippen LogP contribution in [-0.2, 0) is 0 Å². The summed E-state index contributed by atoms with van der Waals surface area (Å²) in [7, 11) is 0. The van der Waals surface area contributed by atoms with E-state index < -0.39 is 0 Å². The summed E-state index contributed by atoms with van der Waals surface area (Å²) in [4.78, 5) is 31.7. The van der Waals surface area contributed by atoms with E-state index in [0.29, 0.717) is 29.9 Å². The molecule has 0 aromatic carbocycles. The van der Waals surface area contributed by atoms with E-state index in [1.54, 1.807) is 17.2 Å². The van der Waals surface area contributed by atoms with Gasteiger partial charge in [-0.1, -0.05) is 0 Å². The number of fused-ring (bicyclic) bond motifs is 1. The molecule has 0 bridgehead atoms. The fraction of sp³-hybridized carbons (Fsp3) is 0.429. The van der Waals surface area contributed by atoms with Gasteiger partial charge >= 0.3 is 0 Å². The number of nitrogens with zero attached hydrogens (tertiary/aromatic N) is 4. The molecular formula is C21H25N5O3. The average molecular weight is 395 g/mol. The van der Waals surface area contributed by atoms with Crippen molar-refractivity contribution in [1.29, 1.82) is 0 Å². The summed E-state index contributed by atoms with van der Waals surface area (Å²) in [6, 6.07) is 3.76. The number of hydrogen-bond donors (Lipinski definition) is 1. The average Bonchev–Trinajstić information content (AvgIpc) is 3.37. The maximum Gasteiger partial charge on any atom is 0.257 e. The first-order chi connectivity index (χ1) is 13.9. The maximum atomic E-state index is 12.8. The highest BCUT2D eigenvalue weighted by Crippen LogP contribution is 2.20. The molecule has 0 saturated carbocycles. The van der Waals surface area contributed by atoms with Crippen LogP contribution in [0.1, 0.15) is 59.1 Å². The summed E-state index contributed by atoms with van der Waals surface area (Å²) in [5, 5.41) is 8.33. The highest BCUT2D eigenvalue weighted by Gasteiger charge is 2.26. The van der Waals surface area contributed by atoms with Crippen LogP contribution in [0.3, 0.4) is 0 Å². The monoisotopic (exact) mass is 395 g/mol. The molecule has 3 aromatic rings. The van der Waals surface area contributed by atoms with E-state index in [1.165, 1.54) is 12.5 Å². The Morgan fingerprint density at radius 2 is 2.03 bits per heavy atom. The number of carbonyl (C=O) groups excluding carboxylic acids is 2. The Morgan fingerprint density at radius 3 is 2.69 bits per heavy atom. The highest BCUT2D eigenvalue weighted by atomic mass is 16.3. The lowest BCUT2D eigenvalue weighted by Crippen LogP contribution is -2.46. The molecule has 152 valence electrons. The molecule has 0 spiro atoms. The van der Waals surface area contributed by atoms with Gasteiger partial charge in [0.1, 0.15) is 6.26 Å². The lowest BCUT2D eigenvalue weighted by atomic mass is 10.0. The molecule has 0 aliphatic carbocycles. The van der Waals surface area contributed by atoms with Crippen LogP contribution >= 0.6 is 0 Å². The van der Waals surface area contributed by atoms with E-state index >= 15 is 0 Å². The van der Waals surface area contributed by atoms with Gasteiger partial charge in [-0.2, -0.15) is 5.10 Å². The van der Waals surface area contributed by atoms with Crippen molar-refractivity contribution in [3.63, 3.8) is 0 Å². The Hall–Kier alpha value is -3.16. The second-order valence-corrected chi connectivity index (χ2v) is 7.77. The standard InChI is InChI=1S/C21H25N5O3/c1-13(2)26-19-16(11-22-26)10-18(14(3)23-19)20(27)24-17-4-7-25(8-5-17)21(28)15-6-9-29-12-15/h6,9-13,17H,4-5,7-8H2,1-3H3,(H,24,27). The molecule has 1 saturated heterocycles. The van der Waals surface area contributed by atoms with Crippen molar-refractivity contribution in [3.05, 3.63) is 47.7 Å². The van der Waals surface area contributed by atoms with Gasteiger partial charge in [0.2, 0.25) is 0 Å². The summed E-state index contributed by atoms with van der Waals surface area (Å²) in [5.41, 5.74) is 2.60. The second-order valence-electron chi connectivity index (χ2n) is 7.77. The molecule has 4 heterocycles. The zero-order valence-corrected chi connectivity index (χ0v) is 16.9. The molecule has 2 amide bonds. The van der Waals surface area contributed by atoms with Gasteiger partial charge in [0.15, 0.2) is 5.65 Å². The highest BCUT2D eigenvalue weighted by molar-refractivity contribution is 5.98. The van der Waals surface area contributed by atoms with Crippen molar-refractivity contribution < 1.29 is 14.0 Å². The van der Waals surface area contributed by atoms with Gasteiger partial charge in [0, 0.05) is 30.6 Å². The maximum absolute atomic E-state index is 12.8. The number of aromatic nitrogens is 3. The predicted octanol–water partition coefficient (Wildman–Crippen LogP) is 2.95. The Bertz CT molecular complexity index is 1030. The Morgan fingerprint density at radius 1 is 1.28 bits per heavy atom. The number of aryl methyl sites for hydroxylation is 1. The number of piperidine rings is 1. The number of likely N-dealkylation sites (tertiary alicyclic amines) is 1. The topological polar surface area (TPSA) is 93.3 Å². The minimum absolute atomic E-state index is 0.0313. The van der Waals surface area contributed by atoms with Crippen LogP contribution in [0.2, 0.25) is 0 Å².